The van der Waals surface area contributed by atoms with Gasteiger partial charge in [0.25, 0.3) is 0 Å². The van der Waals surface area contributed by atoms with Gasteiger partial charge in [0.15, 0.2) is 0 Å². The van der Waals surface area contributed by atoms with Gasteiger partial charge < -0.3 is 5.73 Å². The Morgan fingerprint density at radius 3 is 2.43 bits per heavy atom. The number of nitrogens with two attached hydrogens (primary N) is 1. The normalized spacial score (nSPS) is 19.6. The quantitative estimate of drug-likeness (QED) is 0.838. The standard InChI is InChI=1S/C16H31N5/c1-5-20(6-2)16(9-7-8-10-16)14(17)11-15-18-12-19-21(15)13(3)4/h12-14H,5-11,17H2,1-4H3. The highest BCUT2D eigenvalue weighted by molar-refractivity contribution is 5.06. The number of aromatic nitrogens is 3. The molecule has 0 spiro atoms. The zero-order valence-corrected chi connectivity index (χ0v) is 14.0. The zero-order chi connectivity index (χ0) is 15.5. The third-order valence-corrected chi connectivity index (χ3v) is 5.09. The summed E-state index contributed by atoms with van der Waals surface area (Å²) in [6, 6.07) is 0.462. The number of rotatable bonds is 7. The van der Waals surface area contributed by atoms with Crippen LogP contribution >= 0.6 is 0 Å². The number of hydrogen-bond donors (Lipinski definition) is 1. The SMILES string of the molecule is CCN(CC)C1(C(N)Cc2ncnn2C(C)C)CCCC1. The van der Waals surface area contributed by atoms with Crippen LogP contribution in [0.15, 0.2) is 6.33 Å². The second-order valence-corrected chi connectivity index (χ2v) is 6.51. The van der Waals surface area contributed by atoms with Crippen LogP contribution in [0, 0.1) is 0 Å². The van der Waals surface area contributed by atoms with Crippen LogP contribution in [0.3, 0.4) is 0 Å². The van der Waals surface area contributed by atoms with Crippen molar-refractivity contribution < 1.29 is 0 Å². The lowest BCUT2D eigenvalue weighted by molar-refractivity contribution is 0.0760. The van der Waals surface area contributed by atoms with Crippen LogP contribution in [-0.2, 0) is 6.42 Å². The van der Waals surface area contributed by atoms with Gasteiger partial charge in [0, 0.05) is 24.0 Å². The van der Waals surface area contributed by atoms with Gasteiger partial charge in [0.2, 0.25) is 0 Å². The van der Waals surface area contributed by atoms with E-state index in [0.29, 0.717) is 6.04 Å². The smallest absolute Gasteiger partial charge is 0.138 e. The predicted molar refractivity (Wildman–Crippen MR) is 86.2 cm³/mol. The fourth-order valence-electron chi connectivity index (χ4n) is 4.00. The van der Waals surface area contributed by atoms with Crippen molar-refractivity contribution in [2.24, 2.45) is 5.73 Å². The van der Waals surface area contributed by atoms with Crippen LogP contribution in [0.4, 0.5) is 0 Å². The summed E-state index contributed by atoms with van der Waals surface area (Å²) in [7, 11) is 0. The molecule has 1 unspecified atom stereocenters. The maximum atomic E-state index is 6.70. The predicted octanol–water partition coefficient (Wildman–Crippen LogP) is 2.38. The van der Waals surface area contributed by atoms with E-state index in [4.69, 9.17) is 5.73 Å². The van der Waals surface area contributed by atoms with Gasteiger partial charge in [0.1, 0.15) is 12.2 Å². The maximum absolute atomic E-state index is 6.70. The highest BCUT2D eigenvalue weighted by Crippen LogP contribution is 2.38. The van der Waals surface area contributed by atoms with Crippen molar-refractivity contribution >= 4 is 0 Å². The molecular weight excluding hydrogens is 262 g/mol. The minimum Gasteiger partial charge on any atom is -0.326 e. The van der Waals surface area contributed by atoms with Crippen LogP contribution in [0.25, 0.3) is 0 Å². The lowest BCUT2D eigenvalue weighted by Crippen LogP contribution is -2.59. The van der Waals surface area contributed by atoms with Gasteiger partial charge in [-0.3, -0.25) is 4.90 Å². The maximum Gasteiger partial charge on any atom is 0.138 e. The van der Waals surface area contributed by atoms with Gasteiger partial charge in [-0.2, -0.15) is 5.10 Å². The van der Waals surface area contributed by atoms with Crippen LogP contribution in [0.5, 0.6) is 0 Å². The first-order valence-corrected chi connectivity index (χ1v) is 8.44. The number of nitrogens with zero attached hydrogens (tertiary/aromatic N) is 4. The lowest BCUT2D eigenvalue weighted by atomic mass is 9.84. The van der Waals surface area contributed by atoms with E-state index in [-0.39, 0.29) is 11.6 Å². The highest BCUT2D eigenvalue weighted by Gasteiger charge is 2.43. The molecule has 2 rings (SSSR count). The summed E-state index contributed by atoms with van der Waals surface area (Å²) in [6.07, 6.45) is 7.48. The average Bonchev–Trinajstić information content (AvgIpc) is 3.09. The molecule has 1 heterocycles. The average molecular weight is 293 g/mol. The fraction of sp³-hybridized carbons (Fsp3) is 0.875. The van der Waals surface area contributed by atoms with E-state index < -0.39 is 0 Å². The Labute approximate surface area is 128 Å². The molecule has 2 N–H and O–H groups in total. The van der Waals surface area contributed by atoms with Gasteiger partial charge in [-0.05, 0) is 39.8 Å². The minimum atomic E-state index is 0.126. The second-order valence-electron chi connectivity index (χ2n) is 6.51. The van der Waals surface area contributed by atoms with Crippen molar-refractivity contribution in [1.82, 2.24) is 19.7 Å². The zero-order valence-electron chi connectivity index (χ0n) is 14.0. The molecule has 5 nitrogen and oxygen atoms in total. The van der Waals surface area contributed by atoms with E-state index in [2.05, 4.69) is 42.7 Å². The Kier molecular flexibility index (Phi) is 5.38. The van der Waals surface area contributed by atoms with Crippen molar-refractivity contribution in [3.8, 4) is 0 Å². The largest absolute Gasteiger partial charge is 0.326 e. The molecule has 0 bridgehead atoms. The second kappa shape index (κ2) is 6.88. The van der Waals surface area contributed by atoms with E-state index in [0.717, 1.165) is 25.3 Å². The third-order valence-electron chi connectivity index (χ3n) is 5.09. The van der Waals surface area contributed by atoms with Gasteiger partial charge >= 0.3 is 0 Å². The van der Waals surface area contributed by atoms with E-state index >= 15 is 0 Å². The molecule has 1 aromatic rings. The Morgan fingerprint density at radius 2 is 1.90 bits per heavy atom. The molecule has 1 aliphatic rings. The Bertz CT molecular complexity index is 430. The van der Waals surface area contributed by atoms with Gasteiger partial charge in [0.05, 0.1) is 0 Å². The Hall–Kier alpha value is -0.940. The van der Waals surface area contributed by atoms with Crippen molar-refractivity contribution in [2.75, 3.05) is 13.1 Å². The Morgan fingerprint density at radius 1 is 1.29 bits per heavy atom. The molecule has 0 radical (unpaired) electrons. The van der Waals surface area contributed by atoms with Crippen LogP contribution in [0.1, 0.15) is 65.2 Å². The lowest BCUT2D eigenvalue weighted by Gasteiger charge is -2.44. The fourth-order valence-corrected chi connectivity index (χ4v) is 4.00. The van der Waals surface area contributed by atoms with Crippen LogP contribution < -0.4 is 5.73 Å². The molecule has 0 aliphatic heterocycles. The van der Waals surface area contributed by atoms with Crippen molar-refractivity contribution in [3.63, 3.8) is 0 Å². The van der Waals surface area contributed by atoms with E-state index in [1.807, 2.05) is 4.68 Å². The summed E-state index contributed by atoms with van der Waals surface area (Å²) >= 11 is 0. The van der Waals surface area contributed by atoms with Crippen LogP contribution in [0.2, 0.25) is 0 Å². The van der Waals surface area contributed by atoms with Gasteiger partial charge in [-0.15, -0.1) is 0 Å². The summed E-state index contributed by atoms with van der Waals surface area (Å²) in [4.78, 5) is 7.01. The molecule has 5 heteroatoms. The van der Waals surface area contributed by atoms with Crippen molar-refractivity contribution in [1.29, 1.82) is 0 Å². The highest BCUT2D eigenvalue weighted by atomic mass is 15.3. The molecule has 1 fully saturated rings. The van der Waals surface area contributed by atoms with Gasteiger partial charge in [-0.25, -0.2) is 9.67 Å². The van der Waals surface area contributed by atoms with Gasteiger partial charge in [-0.1, -0.05) is 26.7 Å². The first kappa shape index (κ1) is 16.4. The topological polar surface area (TPSA) is 60.0 Å². The first-order valence-electron chi connectivity index (χ1n) is 8.44. The number of likely N-dealkylation sites (N-methyl/N-ethyl adjacent to an activating group) is 1. The number of hydrogen-bond acceptors (Lipinski definition) is 4. The van der Waals surface area contributed by atoms with E-state index in [1.165, 1.54) is 25.7 Å². The minimum absolute atomic E-state index is 0.126. The monoisotopic (exact) mass is 293 g/mol. The molecule has 120 valence electrons. The Balaban J connectivity index is 2.19. The van der Waals surface area contributed by atoms with Crippen molar-refractivity contribution in [2.45, 2.75) is 77.4 Å². The molecule has 0 aromatic carbocycles. The summed E-state index contributed by atoms with van der Waals surface area (Å²) in [5.41, 5.74) is 6.85. The van der Waals surface area contributed by atoms with E-state index in [1.54, 1.807) is 6.33 Å². The molecule has 0 amide bonds. The summed E-state index contributed by atoms with van der Waals surface area (Å²) in [6.45, 7) is 10.9. The molecule has 1 atom stereocenters. The molecule has 1 aliphatic carbocycles. The molecule has 21 heavy (non-hydrogen) atoms. The molecule has 0 saturated heterocycles. The third kappa shape index (κ3) is 3.14. The molecular formula is C16H31N5. The van der Waals surface area contributed by atoms with Crippen molar-refractivity contribution in [3.05, 3.63) is 12.2 Å². The first-order chi connectivity index (χ1) is 10.0. The molecule has 1 aromatic heterocycles. The summed E-state index contributed by atoms with van der Waals surface area (Å²) in [5, 5.41) is 4.34. The summed E-state index contributed by atoms with van der Waals surface area (Å²) in [5.74, 6) is 1.02. The van der Waals surface area contributed by atoms with E-state index in [9.17, 15) is 0 Å². The van der Waals surface area contributed by atoms with Crippen LogP contribution in [-0.4, -0.2) is 44.3 Å². The molecule has 1 saturated carbocycles. The summed E-state index contributed by atoms with van der Waals surface area (Å²) < 4.78 is 2.00.